The van der Waals surface area contributed by atoms with Crippen LogP contribution in [0.5, 0.6) is 5.75 Å². The van der Waals surface area contributed by atoms with Gasteiger partial charge in [0.2, 0.25) is 0 Å². The molecule has 6 heteroatoms. The van der Waals surface area contributed by atoms with Gasteiger partial charge in [-0.25, -0.2) is 0 Å². The van der Waals surface area contributed by atoms with E-state index in [9.17, 15) is 4.79 Å². The van der Waals surface area contributed by atoms with Crippen LogP contribution in [0.4, 0.5) is 0 Å². The highest BCUT2D eigenvalue weighted by molar-refractivity contribution is 7.80. The van der Waals surface area contributed by atoms with Crippen molar-refractivity contribution in [1.29, 1.82) is 0 Å². The summed E-state index contributed by atoms with van der Waals surface area (Å²) in [6, 6.07) is 15.1. The second-order valence-electron chi connectivity index (χ2n) is 5.49. The van der Waals surface area contributed by atoms with E-state index in [0.29, 0.717) is 34.7 Å². The minimum Gasteiger partial charge on any atom is -0.488 e. The Morgan fingerprint density at radius 1 is 1.20 bits per heavy atom. The molecule has 0 aromatic heterocycles. The van der Waals surface area contributed by atoms with Gasteiger partial charge in [0.1, 0.15) is 18.1 Å². The Morgan fingerprint density at radius 3 is 2.60 bits per heavy atom. The molecule has 1 aliphatic heterocycles. The van der Waals surface area contributed by atoms with Gasteiger partial charge in [-0.1, -0.05) is 41.9 Å². The monoisotopic (exact) mass is 372 g/mol. The third-order valence-electron chi connectivity index (χ3n) is 3.80. The number of para-hydroxylation sites is 1. The summed E-state index contributed by atoms with van der Waals surface area (Å²) in [5.74, 6) is 0.570. The molecule has 1 fully saturated rings. The van der Waals surface area contributed by atoms with Crippen molar-refractivity contribution >= 4 is 40.9 Å². The fourth-order valence-electron chi connectivity index (χ4n) is 2.49. The fraction of sp³-hybridized carbons (Fsp3) is 0.158. The van der Waals surface area contributed by atoms with Crippen LogP contribution in [0.1, 0.15) is 18.1 Å². The lowest BCUT2D eigenvalue weighted by molar-refractivity contribution is -0.122. The Bertz CT molecular complexity index is 834. The molecule has 1 N–H and O–H groups in total. The van der Waals surface area contributed by atoms with Crippen molar-refractivity contribution in [2.45, 2.75) is 13.5 Å². The van der Waals surface area contributed by atoms with E-state index in [2.05, 4.69) is 5.32 Å². The molecule has 1 aliphatic rings. The molecule has 0 unspecified atom stereocenters. The normalized spacial score (nSPS) is 15.6. The molecule has 2 aromatic carbocycles. The quantitative estimate of drug-likeness (QED) is 0.636. The number of halogens is 1. The first-order valence-corrected chi connectivity index (χ1v) is 8.68. The predicted molar refractivity (Wildman–Crippen MR) is 103 cm³/mol. The number of ether oxygens (including phenoxy) is 1. The molecule has 0 atom stereocenters. The molecule has 1 saturated heterocycles. The number of carbonyl (C=O) groups is 1. The lowest BCUT2D eigenvalue weighted by Crippen LogP contribution is -2.30. The van der Waals surface area contributed by atoms with E-state index >= 15 is 0 Å². The predicted octanol–water partition coefficient (Wildman–Crippen LogP) is 4.00. The molecule has 2 aromatic rings. The molecular formula is C19H17ClN2O2S. The summed E-state index contributed by atoms with van der Waals surface area (Å²) in [4.78, 5) is 13.9. The highest BCUT2D eigenvalue weighted by Crippen LogP contribution is 2.24. The SMILES string of the molecule is CCN1C(=O)/C(=C/c2ccccc2OCc2ccc(Cl)cc2)NC1=S. The van der Waals surface area contributed by atoms with Crippen molar-refractivity contribution in [2.75, 3.05) is 6.54 Å². The van der Waals surface area contributed by atoms with Crippen LogP contribution < -0.4 is 10.1 Å². The summed E-state index contributed by atoms with van der Waals surface area (Å²) in [7, 11) is 0. The van der Waals surface area contributed by atoms with Crippen LogP contribution >= 0.6 is 23.8 Å². The lowest BCUT2D eigenvalue weighted by atomic mass is 10.1. The molecule has 128 valence electrons. The second kappa shape index (κ2) is 7.68. The fourth-order valence-corrected chi connectivity index (χ4v) is 2.94. The summed E-state index contributed by atoms with van der Waals surface area (Å²) in [6.07, 6.45) is 1.77. The lowest BCUT2D eigenvalue weighted by Gasteiger charge is -2.10. The van der Waals surface area contributed by atoms with Crippen LogP contribution in [0.15, 0.2) is 54.2 Å². The second-order valence-corrected chi connectivity index (χ2v) is 6.31. The molecule has 0 radical (unpaired) electrons. The number of benzene rings is 2. The van der Waals surface area contributed by atoms with Gasteiger partial charge in [0, 0.05) is 17.1 Å². The molecule has 0 aliphatic carbocycles. The molecule has 3 rings (SSSR count). The summed E-state index contributed by atoms with van der Waals surface area (Å²) in [6.45, 7) is 2.84. The minimum absolute atomic E-state index is 0.125. The van der Waals surface area contributed by atoms with Gasteiger partial charge in [0.25, 0.3) is 5.91 Å². The summed E-state index contributed by atoms with van der Waals surface area (Å²) in [5, 5.41) is 4.08. The van der Waals surface area contributed by atoms with Crippen molar-refractivity contribution in [2.24, 2.45) is 0 Å². The molecule has 1 heterocycles. The van der Waals surface area contributed by atoms with Gasteiger partial charge in [-0.3, -0.25) is 9.69 Å². The Hall–Kier alpha value is -2.37. The minimum atomic E-state index is -0.125. The maximum absolute atomic E-state index is 12.3. The first-order valence-electron chi connectivity index (χ1n) is 7.89. The number of likely N-dealkylation sites (N-methyl/N-ethyl adjacent to an activating group) is 1. The van der Waals surface area contributed by atoms with E-state index < -0.39 is 0 Å². The van der Waals surface area contributed by atoms with Gasteiger partial charge < -0.3 is 10.1 Å². The van der Waals surface area contributed by atoms with Crippen molar-refractivity contribution in [3.8, 4) is 5.75 Å². The third-order valence-corrected chi connectivity index (χ3v) is 4.38. The van der Waals surface area contributed by atoms with Crippen LogP contribution in [0, 0.1) is 0 Å². The molecule has 0 spiro atoms. The third kappa shape index (κ3) is 4.00. The van der Waals surface area contributed by atoms with Crippen molar-refractivity contribution in [1.82, 2.24) is 10.2 Å². The van der Waals surface area contributed by atoms with Crippen LogP contribution in [0.25, 0.3) is 6.08 Å². The standard InChI is InChI=1S/C19H17ClN2O2S/c1-2-22-18(23)16(21-19(22)25)11-14-5-3-4-6-17(14)24-12-13-7-9-15(20)10-8-13/h3-11H,2,12H2,1H3,(H,21,25)/b16-11-. The van der Waals surface area contributed by atoms with E-state index in [1.165, 1.54) is 4.90 Å². The van der Waals surface area contributed by atoms with Gasteiger partial charge in [0.05, 0.1) is 0 Å². The Morgan fingerprint density at radius 2 is 1.92 bits per heavy atom. The van der Waals surface area contributed by atoms with Crippen molar-refractivity contribution in [3.63, 3.8) is 0 Å². The Labute approximate surface area is 157 Å². The van der Waals surface area contributed by atoms with Crippen molar-refractivity contribution in [3.05, 3.63) is 70.4 Å². The highest BCUT2D eigenvalue weighted by atomic mass is 35.5. The number of amides is 1. The zero-order valence-electron chi connectivity index (χ0n) is 13.7. The zero-order valence-corrected chi connectivity index (χ0v) is 15.2. The zero-order chi connectivity index (χ0) is 17.8. The molecular weight excluding hydrogens is 356 g/mol. The maximum Gasteiger partial charge on any atom is 0.276 e. The van der Waals surface area contributed by atoms with E-state index in [4.69, 9.17) is 28.6 Å². The van der Waals surface area contributed by atoms with Crippen molar-refractivity contribution < 1.29 is 9.53 Å². The molecule has 0 saturated carbocycles. The Balaban J connectivity index is 1.79. The summed E-state index contributed by atoms with van der Waals surface area (Å²) >= 11 is 11.1. The topological polar surface area (TPSA) is 41.6 Å². The number of nitrogens with one attached hydrogen (secondary N) is 1. The summed E-state index contributed by atoms with van der Waals surface area (Å²) < 4.78 is 5.92. The number of rotatable bonds is 5. The molecule has 25 heavy (non-hydrogen) atoms. The number of hydrogen-bond donors (Lipinski definition) is 1. The van der Waals surface area contributed by atoms with E-state index in [0.717, 1.165) is 11.1 Å². The number of carbonyl (C=O) groups excluding carboxylic acids is 1. The van der Waals surface area contributed by atoms with Crippen LogP contribution in [0.2, 0.25) is 5.02 Å². The molecule has 4 nitrogen and oxygen atoms in total. The smallest absolute Gasteiger partial charge is 0.276 e. The van der Waals surface area contributed by atoms with Gasteiger partial charge in [0.15, 0.2) is 5.11 Å². The van der Waals surface area contributed by atoms with Gasteiger partial charge in [-0.05, 0) is 49.0 Å². The van der Waals surface area contributed by atoms with Crippen LogP contribution in [-0.4, -0.2) is 22.5 Å². The van der Waals surface area contributed by atoms with E-state index in [-0.39, 0.29) is 5.91 Å². The first kappa shape index (κ1) is 17.5. The van der Waals surface area contributed by atoms with Crippen LogP contribution in [0.3, 0.4) is 0 Å². The highest BCUT2D eigenvalue weighted by Gasteiger charge is 2.29. The first-order chi connectivity index (χ1) is 12.1. The molecule has 0 bridgehead atoms. The Kier molecular flexibility index (Phi) is 5.36. The number of nitrogens with zero attached hydrogens (tertiary/aromatic N) is 1. The van der Waals surface area contributed by atoms with Crippen LogP contribution in [-0.2, 0) is 11.4 Å². The average Bonchev–Trinajstić information content (AvgIpc) is 2.88. The maximum atomic E-state index is 12.3. The number of hydrogen-bond acceptors (Lipinski definition) is 3. The number of thiocarbonyl (C=S) groups is 1. The van der Waals surface area contributed by atoms with E-state index in [1.54, 1.807) is 6.08 Å². The van der Waals surface area contributed by atoms with E-state index in [1.807, 2.05) is 55.5 Å². The molecule has 1 amide bonds. The average molecular weight is 373 g/mol. The van der Waals surface area contributed by atoms with Gasteiger partial charge >= 0.3 is 0 Å². The summed E-state index contributed by atoms with van der Waals surface area (Å²) in [5.41, 5.74) is 2.28. The van der Waals surface area contributed by atoms with Gasteiger partial charge in [-0.15, -0.1) is 0 Å². The largest absolute Gasteiger partial charge is 0.488 e. The van der Waals surface area contributed by atoms with Gasteiger partial charge in [-0.2, -0.15) is 0 Å².